The van der Waals surface area contributed by atoms with E-state index in [0.29, 0.717) is 0 Å². The van der Waals surface area contributed by atoms with Crippen molar-refractivity contribution in [2.24, 2.45) is 6.66 Å². The Morgan fingerprint density at radius 3 is 1.24 bits per heavy atom. The molecule has 2 aliphatic rings. The second-order valence-electron chi connectivity index (χ2n) is 15.0. The van der Waals surface area contributed by atoms with Gasteiger partial charge in [0.05, 0.1) is 22.7 Å². The minimum Gasteiger partial charge on any atom is -0.310 e. The third kappa shape index (κ3) is 4.61. The summed E-state index contributed by atoms with van der Waals surface area (Å²) in [6.07, 6.45) is 0. The fourth-order valence-electron chi connectivity index (χ4n) is 8.66. The van der Waals surface area contributed by atoms with Gasteiger partial charge in [0, 0.05) is 32.4 Å². The van der Waals surface area contributed by atoms with Crippen molar-refractivity contribution in [1.82, 2.24) is 0 Å². The lowest BCUT2D eigenvalue weighted by Gasteiger charge is -2.42. The van der Waals surface area contributed by atoms with E-state index in [0.717, 1.165) is 0 Å². The first-order valence-electron chi connectivity index (χ1n) is 18.1. The molecule has 2 nitrogen and oxygen atoms in total. The highest BCUT2D eigenvalue weighted by atomic mass is 31.1. The molecular formula is C47H47N2P. The topological polar surface area (TPSA) is 6.48 Å². The van der Waals surface area contributed by atoms with Gasteiger partial charge in [0.15, 0.2) is 0 Å². The lowest BCUT2D eigenvalue weighted by atomic mass is 9.73. The van der Waals surface area contributed by atoms with Crippen LogP contribution in [0.5, 0.6) is 0 Å². The van der Waals surface area contributed by atoms with Crippen molar-refractivity contribution in [2.45, 2.75) is 66.2 Å². The van der Waals surface area contributed by atoms with Gasteiger partial charge in [-0.25, -0.2) is 0 Å². The van der Waals surface area contributed by atoms with Crippen LogP contribution in [0.15, 0.2) is 121 Å². The second kappa shape index (κ2) is 11.6. The Hall–Kier alpha value is -4.78. The summed E-state index contributed by atoms with van der Waals surface area (Å²) in [5.41, 5.74) is 15.4. The van der Waals surface area contributed by atoms with Gasteiger partial charge < -0.3 is 9.80 Å². The van der Waals surface area contributed by atoms with Crippen LogP contribution in [0.2, 0.25) is 0 Å². The number of para-hydroxylation sites is 2. The molecule has 0 bridgehead atoms. The van der Waals surface area contributed by atoms with Crippen LogP contribution < -0.4 is 9.80 Å². The summed E-state index contributed by atoms with van der Waals surface area (Å²) in [4.78, 5) is 4.99. The molecule has 7 aromatic rings. The van der Waals surface area contributed by atoms with Gasteiger partial charge in [-0.1, -0.05) is 113 Å². The predicted molar refractivity (Wildman–Crippen MR) is 220 cm³/mol. The molecule has 0 amide bonds. The molecular weight excluding hydrogens is 624 g/mol. The number of anilines is 6. The van der Waals surface area contributed by atoms with Gasteiger partial charge in [0.25, 0.3) is 0 Å². The van der Waals surface area contributed by atoms with E-state index in [1.54, 1.807) is 0 Å². The monoisotopic (exact) mass is 670 g/mol. The largest absolute Gasteiger partial charge is 0.310 e. The number of rotatable bonds is 2. The van der Waals surface area contributed by atoms with Crippen molar-refractivity contribution in [1.29, 1.82) is 0 Å². The fraction of sp³-hybridized carbons (Fsp3) is 0.234. The van der Waals surface area contributed by atoms with Crippen molar-refractivity contribution in [3.8, 4) is 0 Å². The first-order chi connectivity index (χ1) is 24.1. The fourth-order valence-corrected chi connectivity index (χ4v) is 10.6. The maximum absolute atomic E-state index is 2.50. The van der Waals surface area contributed by atoms with Crippen LogP contribution in [0, 0.1) is 13.8 Å². The molecule has 50 heavy (non-hydrogen) atoms. The molecule has 250 valence electrons. The number of hydrogen-bond acceptors (Lipinski definition) is 2. The number of benzene rings is 6. The summed E-state index contributed by atoms with van der Waals surface area (Å²) < 4.78 is 0. The van der Waals surface area contributed by atoms with Crippen LogP contribution in [-0.4, -0.2) is 0 Å². The van der Waals surface area contributed by atoms with Crippen LogP contribution in [0.1, 0.15) is 74.9 Å². The molecule has 0 aliphatic carbocycles. The van der Waals surface area contributed by atoms with Crippen molar-refractivity contribution < 1.29 is 0 Å². The first kappa shape index (κ1) is 32.4. The molecule has 3 heterocycles. The third-order valence-electron chi connectivity index (χ3n) is 11.3. The maximum Gasteiger partial charge on any atom is 0.0502 e. The van der Waals surface area contributed by atoms with Gasteiger partial charge in [0.2, 0.25) is 0 Å². The number of fused-ring (bicyclic) bond motifs is 7. The van der Waals surface area contributed by atoms with E-state index in [9.17, 15) is 0 Å². The average molecular weight is 671 g/mol. The summed E-state index contributed by atoms with van der Waals surface area (Å²) in [5, 5.41) is 5.66. The van der Waals surface area contributed by atoms with Crippen LogP contribution in [0.4, 0.5) is 34.1 Å². The Morgan fingerprint density at radius 1 is 0.440 bits per heavy atom. The summed E-state index contributed by atoms with van der Waals surface area (Å²) >= 11 is 0. The van der Waals surface area contributed by atoms with E-state index in [-0.39, 0.29) is 10.8 Å². The van der Waals surface area contributed by atoms with E-state index in [4.69, 9.17) is 0 Å². The SMILES string of the molecule is CC.Cc1ccc2c(c1)C(C)(C)c1ccccc1N2c1ccc2c(c1)c1cc(N3c4ccccc4C(C)(C)c4cc(C)ccc43)ccc1p2C. The third-order valence-corrected chi connectivity index (χ3v) is 13.5. The Balaban J connectivity index is 0.00000177. The predicted octanol–water partition coefficient (Wildman–Crippen LogP) is 14.4. The first-order valence-corrected chi connectivity index (χ1v) is 19.9. The van der Waals surface area contributed by atoms with Gasteiger partial charge in [-0.2, -0.15) is 0 Å². The Morgan fingerprint density at radius 2 is 0.820 bits per heavy atom. The van der Waals surface area contributed by atoms with Crippen LogP contribution in [-0.2, 0) is 17.5 Å². The lowest BCUT2D eigenvalue weighted by molar-refractivity contribution is 0.631. The van der Waals surface area contributed by atoms with Gasteiger partial charge >= 0.3 is 0 Å². The zero-order valence-corrected chi connectivity index (χ0v) is 31.8. The molecule has 0 saturated heterocycles. The lowest BCUT2D eigenvalue weighted by Crippen LogP contribution is -2.30. The summed E-state index contributed by atoms with van der Waals surface area (Å²) in [6.45, 7) is 20.3. The van der Waals surface area contributed by atoms with E-state index in [2.05, 4.69) is 179 Å². The van der Waals surface area contributed by atoms with Crippen molar-refractivity contribution in [3.05, 3.63) is 155 Å². The highest BCUT2D eigenvalue weighted by Gasteiger charge is 2.38. The Labute approximate surface area is 299 Å². The molecule has 0 spiro atoms. The molecule has 0 N–H and O–H groups in total. The minimum absolute atomic E-state index is 0.0848. The van der Waals surface area contributed by atoms with Crippen LogP contribution >= 0.6 is 7.53 Å². The van der Waals surface area contributed by atoms with Gasteiger partial charge in [-0.05, 0) is 114 Å². The normalized spacial score (nSPS) is 15.1. The summed E-state index contributed by atoms with van der Waals surface area (Å²) in [7, 11) is -0.443. The van der Waals surface area contributed by atoms with Crippen molar-refractivity contribution in [3.63, 3.8) is 0 Å². The quantitative estimate of drug-likeness (QED) is 0.181. The molecule has 9 rings (SSSR count). The summed E-state index contributed by atoms with van der Waals surface area (Å²) in [5.74, 6) is 0. The van der Waals surface area contributed by atoms with E-state index in [1.165, 1.54) is 88.5 Å². The zero-order valence-electron chi connectivity index (χ0n) is 30.9. The summed E-state index contributed by atoms with van der Waals surface area (Å²) in [6, 6.07) is 46.3. The van der Waals surface area contributed by atoms with Gasteiger partial charge in [-0.3, -0.25) is 0 Å². The van der Waals surface area contributed by atoms with E-state index in [1.807, 2.05) is 13.8 Å². The van der Waals surface area contributed by atoms with E-state index >= 15 is 0 Å². The highest BCUT2D eigenvalue weighted by molar-refractivity contribution is 7.59. The van der Waals surface area contributed by atoms with Gasteiger partial charge in [0.1, 0.15) is 0 Å². The number of hydrogen-bond donors (Lipinski definition) is 0. The minimum atomic E-state index is -0.443. The molecule has 2 aliphatic heterocycles. The molecule has 0 atom stereocenters. The maximum atomic E-state index is 2.50. The molecule has 6 aromatic carbocycles. The Bertz CT molecular complexity index is 2290. The second-order valence-corrected chi connectivity index (χ2v) is 17.0. The molecule has 0 fully saturated rings. The molecule has 0 radical (unpaired) electrons. The van der Waals surface area contributed by atoms with E-state index < -0.39 is 7.53 Å². The highest BCUT2D eigenvalue weighted by Crippen LogP contribution is 2.56. The number of aryl methyl sites for hydroxylation is 3. The zero-order chi connectivity index (χ0) is 35.1. The van der Waals surface area contributed by atoms with Crippen LogP contribution in [0.3, 0.4) is 0 Å². The smallest absolute Gasteiger partial charge is 0.0502 e. The Kier molecular flexibility index (Phi) is 7.55. The van der Waals surface area contributed by atoms with Gasteiger partial charge in [-0.15, -0.1) is 7.53 Å². The average Bonchev–Trinajstić information content (AvgIpc) is 3.40. The molecule has 0 saturated carbocycles. The molecule has 3 heteroatoms. The number of nitrogens with zero attached hydrogens (tertiary/aromatic N) is 2. The molecule has 1 aromatic heterocycles. The molecule has 0 unspecified atom stereocenters. The van der Waals surface area contributed by atoms with Crippen LogP contribution in [0.25, 0.3) is 21.0 Å². The van der Waals surface area contributed by atoms with Crippen molar-refractivity contribution in [2.75, 3.05) is 9.80 Å². The van der Waals surface area contributed by atoms with Crippen molar-refractivity contribution >= 4 is 62.7 Å². The standard InChI is InChI=1S/C45H41N2P.C2H6/c1-28-16-20-40-36(24-28)44(3,4)34-12-8-10-14-38(34)46(40)30-18-22-42-32(26-30)33-27-31(19-23-43(33)48(42)7)47-39-15-11-9-13-35(39)45(5,6)37-25-29(2)17-21-41(37)47;1-2/h8-27H,1-7H3;1-2H3.